The highest BCUT2D eigenvalue weighted by Gasteiger charge is 2.53. The van der Waals surface area contributed by atoms with Crippen LogP contribution in [0.5, 0.6) is 6.01 Å². The number of hydrogen-bond acceptors (Lipinski definition) is 9. The van der Waals surface area contributed by atoms with Gasteiger partial charge in [0.05, 0.1) is 30.3 Å². The molecule has 61 heavy (non-hydrogen) atoms. The first-order chi connectivity index (χ1) is 30.0. The molecular weight excluding hydrogens is 753 g/mol. The zero-order chi connectivity index (χ0) is 41.3. The summed E-state index contributed by atoms with van der Waals surface area (Å²) < 4.78 is 6.52. The Balaban J connectivity index is 0.934. The summed E-state index contributed by atoms with van der Waals surface area (Å²) in [5.74, 6) is 0.986. The molecule has 0 saturated carbocycles. The lowest BCUT2D eigenvalue weighted by molar-refractivity contribution is 0.164. The minimum atomic E-state index is -0.427. The van der Waals surface area contributed by atoms with Crippen molar-refractivity contribution in [2.75, 3.05) is 69.3 Å². The van der Waals surface area contributed by atoms with Gasteiger partial charge in [0.2, 0.25) is 0 Å². The third-order valence-corrected chi connectivity index (χ3v) is 13.9. The van der Waals surface area contributed by atoms with E-state index in [9.17, 15) is 5.26 Å². The Labute approximate surface area is 360 Å². The van der Waals surface area contributed by atoms with E-state index in [4.69, 9.17) is 14.7 Å². The maximum absolute atomic E-state index is 10.3. The number of rotatable bonds is 12. The van der Waals surface area contributed by atoms with Gasteiger partial charge in [-0.2, -0.15) is 15.2 Å². The fourth-order valence-electron chi connectivity index (χ4n) is 10.7. The SMILES string of the molecule is Cc1cccc2cccc(N3CCc4c(nc(OCC5CCCN5C)nc4N4CCN(CC5C[N@@]5C(c5ccccc5)(c5ccccc5)c5ccccc5)C(CC#N)C4)C3)c12. The Morgan fingerprint density at radius 3 is 2.07 bits per heavy atom. The number of benzene rings is 5. The summed E-state index contributed by atoms with van der Waals surface area (Å²) in [4.78, 5) is 23.0. The summed E-state index contributed by atoms with van der Waals surface area (Å²) in [6.07, 6.45) is 3.62. The second-order valence-electron chi connectivity index (χ2n) is 17.5. The first-order valence-electron chi connectivity index (χ1n) is 22.3. The second kappa shape index (κ2) is 16.9. The number of nitrogens with zero attached hydrogens (tertiary/aromatic N) is 8. The molecule has 4 aliphatic heterocycles. The predicted octanol–water partition coefficient (Wildman–Crippen LogP) is 8.05. The first kappa shape index (κ1) is 39.4. The van der Waals surface area contributed by atoms with Gasteiger partial charge in [0.1, 0.15) is 12.4 Å². The number of anilines is 2. The summed E-state index contributed by atoms with van der Waals surface area (Å²) >= 11 is 0. The van der Waals surface area contributed by atoms with Crippen molar-refractivity contribution >= 4 is 22.3 Å². The van der Waals surface area contributed by atoms with E-state index in [1.54, 1.807) is 0 Å². The fraction of sp³-hybridized carbons (Fsp3) is 0.365. The molecule has 310 valence electrons. The molecule has 5 aromatic carbocycles. The lowest BCUT2D eigenvalue weighted by atomic mass is 9.76. The van der Waals surface area contributed by atoms with Crippen LogP contribution in [0, 0.1) is 18.3 Å². The quantitative estimate of drug-likeness (QED) is 0.0903. The molecule has 0 spiro atoms. The molecule has 5 heterocycles. The standard InChI is InChI=1S/C52H56N8O/c1-38-15-12-16-39-17-13-25-48(49(38)39)58-30-27-46-47(36-58)54-51(61-37-44-24-14-29-56(44)2)55-50(46)59-32-31-57(43(33-59)26-28-53)34-45-35-60(45)52(40-18-6-3-7-19-40,41-20-8-4-9-21-41)42-22-10-5-11-23-42/h3-13,15-23,25,43-45H,14,24,26-27,29-37H2,1-2H3/t43?,44?,45?,60-/m1/s1. The molecule has 3 fully saturated rings. The largest absolute Gasteiger partial charge is 0.462 e. The summed E-state index contributed by atoms with van der Waals surface area (Å²) in [5.41, 5.74) is 8.19. The number of fused-ring (bicyclic) bond motifs is 2. The monoisotopic (exact) mass is 808 g/mol. The number of aromatic nitrogens is 2. The van der Waals surface area contributed by atoms with Gasteiger partial charge in [-0.1, -0.05) is 121 Å². The van der Waals surface area contributed by atoms with Gasteiger partial charge in [-0.15, -0.1) is 0 Å². The minimum Gasteiger partial charge on any atom is -0.462 e. The smallest absolute Gasteiger partial charge is 0.318 e. The molecule has 0 radical (unpaired) electrons. The third kappa shape index (κ3) is 7.52. The number of ether oxygens (including phenoxy) is 1. The zero-order valence-electron chi connectivity index (χ0n) is 35.5. The normalized spacial score (nSPS) is 21.9. The van der Waals surface area contributed by atoms with Gasteiger partial charge < -0.3 is 19.4 Å². The average Bonchev–Trinajstić information content (AvgIpc) is 3.95. The van der Waals surface area contributed by atoms with E-state index in [0.717, 1.165) is 70.2 Å². The van der Waals surface area contributed by atoms with Gasteiger partial charge in [-0.25, -0.2) is 0 Å². The van der Waals surface area contributed by atoms with Crippen LogP contribution in [0.2, 0.25) is 0 Å². The van der Waals surface area contributed by atoms with Crippen molar-refractivity contribution in [3.63, 3.8) is 0 Å². The van der Waals surface area contributed by atoms with Gasteiger partial charge in [-0.3, -0.25) is 9.80 Å². The maximum Gasteiger partial charge on any atom is 0.318 e. The van der Waals surface area contributed by atoms with Crippen molar-refractivity contribution in [3.8, 4) is 12.1 Å². The molecular formula is C52H56N8O. The molecule has 6 aromatic rings. The van der Waals surface area contributed by atoms with Crippen molar-refractivity contribution in [2.45, 2.75) is 62.8 Å². The van der Waals surface area contributed by atoms with Crippen LogP contribution in [-0.4, -0.2) is 102 Å². The number of likely N-dealkylation sites (N-methyl/N-ethyl adjacent to an activating group) is 1. The van der Waals surface area contributed by atoms with Gasteiger partial charge in [0.25, 0.3) is 0 Å². The molecule has 0 aliphatic carbocycles. The molecule has 9 heteroatoms. The Hall–Kier alpha value is -5.79. The van der Waals surface area contributed by atoms with Crippen LogP contribution in [0.4, 0.5) is 11.5 Å². The van der Waals surface area contributed by atoms with E-state index >= 15 is 0 Å². The number of piperazine rings is 1. The van der Waals surface area contributed by atoms with Crippen LogP contribution in [0.15, 0.2) is 127 Å². The Morgan fingerprint density at radius 1 is 0.721 bits per heavy atom. The third-order valence-electron chi connectivity index (χ3n) is 13.9. The minimum absolute atomic E-state index is 0.0710. The van der Waals surface area contributed by atoms with Crippen molar-refractivity contribution in [1.29, 1.82) is 5.26 Å². The zero-order valence-corrected chi connectivity index (χ0v) is 35.5. The van der Waals surface area contributed by atoms with Crippen LogP contribution in [0.25, 0.3) is 10.8 Å². The molecule has 3 saturated heterocycles. The van der Waals surface area contributed by atoms with Crippen molar-refractivity contribution in [2.24, 2.45) is 0 Å². The summed E-state index contributed by atoms with van der Waals surface area (Å²) in [6.45, 7) is 9.77. The molecule has 0 amide bonds. The van der Waals surface area contributed by atoms with E-state index in [2.05, 4.69) is 172 Å². The molecule has 9 nitrogen and oxygen atoms in total. The fourth-order valence-corrected chi connectivity index (χ4v) is 10.7. The summed E-state index contributed by atoms with van der Waals surface area (Å²) in [6, 6.07) is 50.0. The number of hydrogen-bond donors (Lipinski definition) is 0. The predicted molar refractivity (Wildman–Crippen MR) is 244 cm³/mol. The molecule has 0 bridgehead atoms. The number of aryl methyl sites for hydroxylation is 1. The highest BCUT2D eigenvalue weighted by molar-refractivity contribution is 5.97. The van der Waals surface area contributed by atoms with Crippen molar-refractivity contribution in [1.82, 2.24) is 24.7 Å². The highest BCUT2D eigenvalue weighted by Crippen LogP contribution is 2.48. The van der Waals surface area contributed by atoms with Crippen molar-refractivity contribution < 1.29 is 4.74 Å². The van der Waals surface area contributed by atoms with E-state index in [1.807, 2.05) is 0 Å². The molecule has 3 unspecified atom stereocenters. The Morgan fingerprint density at radius 2 is 1.41 bits per heavy atom. The van der Waals surface area contributed by atoms with E-state index in [0.29, 0.717) is 37.7 Å². The average molecular weight is 809 g/mol. The first-order valence-corrected chi connectivity index (χ1v) is 22.3. The molecule has 10 rings (SSSR count). The van der Waals surface area contributed by atoms with Crippen LogP contribution < -0.4 is 14.5 Å². The Kier molecular flexibility index (Phi) is 10.9. The van der Waals surface area contributed by atoms with Crippen LogP contribution >= 0.6 is 0 Å². The van der Waals surface area contributed by atoms with Crippen molar-refractivity contribution in [3.05, 3.63) is 161 Å². The molecule has 4 aliphatic rings. The lowest BCUT2D eigenvalue weighted by Crippen LogP contribution is -2.55. The van der Waals surface area contributed by atoms with Crippen LogP contribution in [0.1, 0.15) is 52.8 Å². The Bertz CT molecular complexity index is 2410. The van der Waals surface area contributed by atoms with Crippen LogP contribution in [0.3, 0.4) is 0 Å². The van der Waals surface area contributed by atoms with Gasteiger partial charge >= 0.3 is 6.01 Å². The maximum atomic E-state index is 10.3. The van der Waals surface area contributed by atoms with Gasteiger partial charge in [0, 0.05) is 74.0 Å². The van der Waals surface area contributed by atoms with Gasteiger partial charge in [-0.05, 0) is 73.5 Å². The molecule has 1 aromatic heterocycles. The highest BCUT2D eigenvalue weighted by atomic mass is 16.5. The van der Waals surface area contributed by atoms with E-state index in [1.165, 1.54) is 50.7 Å². The second-order valence-corrected chi connectivity index (χ2v) is 17.5. The molecule has 4 atom stereocenters. The van der Waals surface area contributed by atoms with Gasteiger partial charge in [0.15, 0.2) is 0 Å². The topological polar surface area (TPSA) is 74.8 Å². The van der Waals surface area contributed by atoms with Crippen LogP contribution in [-0.2, 0) is 18.5 Å². The summed E-state index contributed by atoms with van der Waals surface area (Å²) in [5, 5.41) is 12.8. The number of likely N-dealkylation sites (tertiary alicyclic amines) is 1. The lowest BCUT2D eigenvalue weighted by Gasteiger charge is -2.43. The van der Waals surface area contributed by atoms with E-state index < -0.39 is 5.54 Å². The summed E-state index contributed by atoms with van der Waals surface area (Å²) in [7, 11) is 2.19. The molecule has 0 N–H and O–H groups in total. The number of nitriles is 1. The van der Waals surface area contributed by atoms with E-state index in [-0.39, 0.29) is 6.04 Å².